The van der Waals surface area contributed by atoms with Gasteiger partial charge in [0.15, 0.2) is 17.2 Å². The van der Waals surface area contributed by atoms with E-state index in [0.29, 0.717) is 48.8 Å². The molecule has 0 fully saturated rings. The number of aromatic nitrogens is 2. The number of fused-ring (bicyclic) bond motifs is 2. The first-order valence-corrected chi connectivity index (χ1v) is 8.02. The topological polar surface area (TPSA) is 93.9 Å². The Kier molecular flexibility index (Phi) is 3.60. The Labute approximate surface area is 143 Å². The van der Waals surface area contributed by atoms with Gasteiger partial charge in [-0.15, -0.1) is 0 Å². The minimum absolute atomic E-state index is 0.00433. The predicted octanol–water partition coefficient (Wildman–Crippen LogP) is 1.09. The van der Waals surface area contributed by atoms with Gasteiger partial charge in [0.25, 0.3) is 5.91 Å². The van der Waals surface area contributed by atoms with E-state index >= 15 is 0 Å². The second-order valence-electron chi connectivity index (χ2n) is 6.01. The maximum Gasteiger partial charge on any atom is 0.356 e. The van der Waals surface area contributed by atoms with E-state index in [2.05, 4.69) is 5.10 Å². The summed E-state index contributed by atoms with van der Waals surface area (Å²) in [6.45, 7) is 1.56. The van der Waals surface area contributed by atoms with Gasteiger partial charge in [0.1, 0.15) is 13.2 Å². The minimum Gasteiger partial charge on any atom is -0.486 e. The molecule has 0 saturated heterocycles. The normalized spacial score (nSPS) is 15.6. The third kappa shape index (κ3) is 2.50. The van der Waals surface area contributed by atoms with Crippen LogP contribution in [0.5, 0.6) is 11.5 Å². The standard InChI is InChI=1S/C17H17N3O5/c1-19-12-5-6-20(9-11(12)14(18-19)17(22)23)16(21)10-3-2-4-13-15(10)25-8-7-24-13/h2-4H,5-9H2,1H3,(H,22,23). The molecule has 2 aliphatic rings. The molecule has 0 bridgehead atoms. The summed E-state index contributed by atoms with van der Waals surface area (Å²) >= 11 is 0. The van der Waals surface area contributed by atoms with E-state index in [-0.39, 0.29) is 18.1 Å². The summed E-state index contributed by atoms with van der Waals surface area (Å²) in [6.07, 6.45) is 0.560. The van der Waals surface area contributed by atoms with Crippen molar-refractivity contribution in [1.82, 2.24) is 14.7 Å². The Morgan fingerprint density at radius 3 is 2.84 bits per heavy atom. The Morgan fingerprint density at radius 1 is 1.24 bits per heavy atom. The smallest absolute Gasteiger partial charge is 0.356 e. The Morgan fingerprint density at radius 2 is 2.04 bits per heavy atom. The molecule has 4 rings (SSSR count). The molecule has 1 amide bonds. The van der Waals surface area contributed by atoms with Crippen molar-refractivity contribution in [2.24, 2.45) is 7.05 Å². The zero-order chi connectivity index (χ0) is 17.6. The van der Waals surface area contributed by atoms with E-state index in [1.165, 1.54) is 0 Å². The summed E-state index contributed by atoms with van der Waals surface area (Å²) < 4.78 is 12.7. The van der Waals surface area contributed by atoms with Crippen molar-refractivity contribution < 1.29 is 24.2 Å². The number of ether oxygens (including phenoxy) is 2. The molecule has 25 heavy (non-hydrogen) atoms. The number of hydrogen-bond acceptors (Lipinski definition) is 5. The molecule has 8 nitrogen and oxygen atoms in total. The van der Waals surface area contributed by atoms with Crippen molar-refractivity contribution in [3.05, 3.63) is 40.7 Å². The number of carboxylic acids is 1. The monoisotopic (exact) mass is 343 g/mol. The fraction of sp³-hybridized carbons (Fsp3) is 0.353. The number of aryl methyl sites for hydroxylation is 1. The van der Waals surface area contributed by atoms with Crippen molar-refractivity contribution in [3.8, 4) is 11.5 Å². The number of hydrogen-bond donors (Lipinski definition) is 1. The highest BCUT2D eigenvalue weighted by atomic mass is 16.6. The second-order valence-corrected chi connectivity index (χ2v) is 6.01. The quantitative estimate of drug-likeness (QED) is 0.877. The first kappa shape index (κ1) is 15.5. The molecule has 0 saturated carbocycles. The van der Waals surface area contributed by atoms with E-state index in [0.717, 1.165) is 5.69 Å². The number of carbonyl (C=O) groups is 2. The molecular weight excluding hydrogens is 326 g/mol. The van der Waals surface area contributed by atoms with Crippen molar-refractivity contribution in [1.29, 1.82) is 0 Å². The highest BCUT2D eigenvalue weighted by molar-refractivity contribution is 5.98. The molecule has 0 spiro atoms. The number of rotatable bonds is 2. The summed E-state index contributed by atoms with van der Waals surface area (Å²) in [4.78, 5) is 26.0. The number of benzene rings is 1. The number of carboxylic acid groups (broad SMARTS) is 1. The van der Waals surface area contributed by atoms with Crippen LogP contribution in [0.15, 0.2) is 18.2 Å². The average Bonchev–Trinajstić information content (AvgIpc) is 2.97. The van der Waals surface area contributed by atoms with Crippen LogP contribution in [-0.2, 0) is 20.0 Å². The van der Waals surface area contributed by atoms with Gasteiger partial charge >= 0.3 is 5.97 Å². The molecule has 0 atom stereocenters. The molecule has 1 aromatic heterocycles. The molecule has 2 aromatic rings. The van der Waals surface area contributed by atoms with Gasteiger partial charge in [-0.2, -0.15) is 5.10 Å². The maximum atomic E-state index is 13.0. The molecule has 3 heterocycles. The number of amides is 1. The average molecular weight is 343 g/mol. The summed E-state index contributed by atoms with van der Waals surface area (Å²) in [5.74, 6) is -0.273. The maximum absolute atomic E-state index is 13.0. The van der Waals surface area contributed by atoms with Crippen LogP contribution >= 0.6 is 0 Å². The molecule has 0 radical (unpaired) electrons. The molecule has 8 heteroatoms. The number of nitrogens with zero attached hydrogens (tertiary/aromatic N) is 3. The first-order valence-electron chi connectivity index (χ1n) is 8.02. The summed E-state index contributed by atoms with van der Waals surface area (Å²) in [5.41, 5.74) is 1.89. The molecule has 2 aliphatic heterocycles. The Balaban J connectivity index is 1.66. The zero-order valence-corrected chi connectivity index (χ0v) is 13.7. The van der Waals surface area contributed by atoms with E-state index in [4.69, 9.17) is 9.47 Å². The lowest BCUT2D eigenvalue weighted by molar-refractivity contribution is 0.0672. The van der Waals surface area contributed by atoms with Crippen LogP contribution < -0.4 is 9.47 Å². The molecule has 1 N–H and O–H groups in total. The van der Waals surface area contributed by atoms with E-state index < -0.39 is 5.97 Å². The fourth-order valence-electron chi connectivity index (χ4n) is 3.35. The van der Waals surface area contributed by atoms with Gasteiger partial charge in [-0.3, -0.25) is 9.48 Å². The molecular formula is C17H17N3O5. The van der Waals surface area contributed by atoms with Gasteiger partial charge in [0.2, 0.25) is 0 Å². The predicted molar refractivity (Wildman–Crippen MR) is 86.0 cm³/mol. The van der Waals surface area contributed by atoms with Crippen LogP contribution in [-0.4, -0.2) is 51.4 Å². The summed E-state index contributed by atoms with van der Waals surface area (Å²) in [5, 5.41) is 13.4. The molecule has 0 aliphatic carbocycles. The Bertz CT molecular complexity index is 873. The minimum atomic E-state index is -1.08. The van der Waals surface area contributed by atoms with Gasteiger partial charge < -0.3 is 19.5 Å². The lowest BCUT2D eigenvalue weighted by atomic mass is 10.0. The van der Waals surface area contributed by atoms with Crippen LogP contribution in [0, 0.1) is 0 Å². The lowest BCUT2D eigenvalue weighted by Gasteiger charge is -2.29. The van der Waals surface area contributed by atoms with Crippen LogP contribution in [0.2, 0.25) is 0 Å². The van der Waals surface area contributed by atoms with E-state index in [1.807, 2.05) is 0 Å². The van der Waals surface area contributed by atoms with Gasteiger partial charge in [-0.1, -0.05) is 6.07 Å². The summed E-state index contributed by atoms with van der Waals surface area (Å²) in [7, 11) is 1.72. The van der Waals surface area contributed by atoms with Crippen molar-refractivity contribution in [3.63, 3.8) is 0 Å². The fourth-order valence-corrected chi connectivity index (χ4v) is 3.35. The summed E-state index contributed by atoms with van der Waals surface area (Å²) in [6, 6.07) is 5.22. The van der Waals surface area contributed by atoms with Gasteiger partial charge in [0.05, 0.1) is 12.1 Å². The van der Waals surface area contributed by atoms with Crippen LogP contribution in [0.3, 0.4) is 0 Å². The first-order chi connectivity index (χ1) is 12.1. The number of aromatic carboxylic acids is 1. The van der Waals surface area contributed by atoms with Crippen molar-refractivity contribution in [2.75, 3.05) is 19.8 Å². The van der Waals surface area contributed by atoms with E-state index in [9.17, 15) is 14.7 Å². The number of carbonyl (C=O) groups excluding carboxylic acids is 1. The van der Waals surface area contributed by atoms with Crippen LogP contribution in [0.25, 0.3) is 0 Å². The van der Waals surface area contributed by atoms with Crippen LogP contribution in [0.4, 0.5) is 0 Å². The zero-order valence-electron chi connectivity index (χ0n) is 13.7. The van der Waals surface area contributed by atoms with Crippen molar-refractivity contribution >= 4 is 11.9 Å². The third-order valence-electron chi connectivity index (χ3n) is 4.53. The molecule has 130 valence electrons. The third-order valence-corrected chi connectivity index (χ3v) is 4.53. The Hall–Kier alpha value is -3.03. The highest BCUT2D eigenvalue weighted by Crippen LogP contribution is 2.35. The van der Waals surface area contributed by atoms with Crippen molar-refractivity contribution in [2.45, 2.75) is 13.0 Å². The van der Waals surface area contributed by atoms with Gasteiger partial charge in [0, 0.05) is 31.3 Å². The SMILES string of the molecule is Cn1nc(C(=O)O)c2c1CCN(C(=O)c1cccc3c1OCCO3)C2. The van der Waals surface area contributed by atoms with Gasteiger partial charge in [-0.05, 0) is 12.1 Å². The number of para-hydroxylation sites is 1. The second kappa shape index (κ2) is 5.80. The van der Waals surface area contributed by atoms with Gasteiger partial charge in [-0.25, -0.2) is 4.79 Å². The lowest BCUT2D eigenvalue weighted by Crippen LogP contribution is -2.37. The highest BCUT2D eigenvalue weighted by Gasteiger charge is 2.31. The molecule has 1 aromatic carbocycles. The largest absolute Gasteiger partial charge is 0.486 e. The van der Waals surface area contributed by atoms with E-state index in [1.54, 1.807) is 34.8 Å². The molecule has 0 unspecified atom stereocenters. The van der Waals surface area contributed by atoms with Crippen LogP contribution in [0.1, 0.15) is 32.1 Å².